The second-order valence-electron chi connectivity index (χ2n) is 2.77. The Kier molecular flexibility index (Phi) is 2.84. The second kappa shape index (κ2) is 3.89. The van der Waals surface area contributed by atoms with Crippen molar-refractivity contribution in [3.05, 3.63) is 24.5 Å². The van der Waals surface area contributed by atoms with Gasteiger partial charge in [-0.2, -0.15) is 4.57 Å². The first-order valence-corrected chi connectivity index (χ1v) is 4.07. The number of carboxylic acid groups (broad SMARTS) is 1. The summed E-state index contributed by atoms with van der Waals surface area (Å²) in [5, 5.41) is 17.9. The van der Waals surface area contributed by atoms with Crippen LogP contribution in [0.15, 0.2) is 24.5 Å². The molecular formula is C9H12NO3+. The minimum atomic E-state index is -0.891. The fourth-order valence-electron chi connectivity index (χ4n) is 1.19. The SMILES string of the molecule is CCC(C(=O)O)[n+]1cccc(O)c1. The number of rotatable bonds is 3. The minimum Gasteiger partial charge on any atom is -0.503 e. The van der Waals surface area contributed by atoms with E-state index in [4.69, 9.17) is 10.2 Å². The Labute approximate surface area is 76.1 Å². The maximum absolute atomic E-state index is 10.7. The molecule has 1 rings (SSSR count). The predicted octanol–water partition coefficient (Wildman–Crippen LogP) is 0.715. The molecule has 0 saturated heterocycles. The normalized spacial score (nSPS) is 12.4. The van der Waals surface area contributed by atoms with E-state index in [1.807, 2.05) is 0 Å². The standard InChI is InChI=1S/C9H11NO3/c1-2-8(9(12)13)10-5-3-4-7(11)6-10/h3-6,8H,2H2,1H3,(H-,11,12,13)/p+1. The molecule has 1 aromatic rings. The van der Waals surface area contributed by atoms with Crippen LogP contribution < -0.4 is 4.57 Å². The third-order valence-electron chi connectivity index (χ3n) is 1.84. The molecule has 0 aromatic carbocycles. The lowest BCUT2D eigenvalue weighted by Gasteiger charge is -2.03. The molecule has 1 aromatic heterocycles. The van der Waals surface area contributed by atoms with Crippen molar-refractivity contribution >= 4 is 5.97 Å². The van der Waals surface area contributed by atoms with Crippen molar-refractivity contribution in [2.45, 2.75) is 19.4 Å². The van der Waals surface area contributed by atoms with Crippen LogP contribution in [0.3, 0.4) is 0 Å². The number of nitrogens with zero attached hydrogens (tertiary/aromatic N) is 1. The van der Waals surface area contributed by atoms with Crippen LogP contribution >= 0.6 is 0 Å². The lowest BCUT2D eigenvalue weighted by Crippen LogP contribution is -2.42. The number of aromatic hydroxyl groups is 1. The molecule has 2 N–H and O–H groups in total. The third-order valence-corrected chi connectivity index (χ3v) is 1.84. The Balaban J connectivity index is 2.98. The van der Waals surface area contributed by atoms with Gasteiger partial charge in [0.15, 0.2) is 11.9 Å². The van der Waals surface area contributed by atoms with Crippen molar-refractivity contribution in [1.29, 1.82) is 0 Å². The molecular weight excluding hydrogens is 170 g/mol. The van der Waals surface area contributed by atoms with Crippen molar-refractivity contribution in [1.82, 2.24) is 0 Å². The monoisotopic (exact) mass is 182 g/mol. The highest BCUT2D eigenvalue weighted by atomic mass is 16.4. The fourth-order valence-corrected chi connectivity index (χ4v) is 1.19. The van der Waals surface area contributed by atoms with Gasteiger partial charge >= 0.3 is 5.97 Å². The first-order chi connectivity index (χ1) is 6.15. The van der Waals surface area contributed by atoms with Gasteiger partial charge in [-0.05, 0) is 6.07 Å². The molecule has 0 spiro atoms. The smallest absolute Gasteiger partial charge is 0.373 e. The number of aliphatic carboxylic acids is 1. The predicted molar refractivity (Wildman–Crippen MR) is 45.3 cm³/mol. The zero-order chi connectivity index (χ0) is 9.84. The summed E-state index contributed by atoms with van der Waals surface area (Å²) in [7, 11) is 0. The van der Waals surface area contributed by atoms with E-state index in [9.17, 15) is 4.79 Å². The van der Waals surface area contributed by atoms with Gasteiger partial charge in [-0.1, -0.05) is 6.92 Å². The van der Waals surface area contributed by atoms with E-state index < -0.39 is 12.0 Å². The molecule has 0 aliphatic rings. The largest absolute Gasteiger partial charge is 0.503 e. The van der Waals surface area contributed by atoms with E-state index in [-0.39, 0.29) is 5.75 Å². The molecule has 0 aliphatic carbocycles. The fraction of sp³-hybridized carbons (Fsp3) is 0.333. The summed E-state index contributed by atoms with van der Waals surface area (Å²) in [6.07, 6.45) is 3.52. The highest BCUT2D eigenvalue weighted by Crippen LogP contribution is 2.06. The maximum atomic E-state index is 10.7. The summed E-state index contributed by atoms with van der Waals surface area (Å²) in [4.78, 5) is 10.7. The first kappa shape index (κ1) is 9.51. The Hall–Kier alpha value is -1.58. The van der Waals surface area contributed by atoms with Crippen LogP contribution in [0.25, 0.3) is 0 Å². The van der Waals surface area contributed by atoms with Crippen molar-refractivity contribution in [2.24, 2.45) is 0 Å². The molecule has 13 heavy (non-hydrogen) atoms. The molecule has 4 nitrogen and oxygen atoms in total. The molecule has 0 amide bonds. The lowest BCUT2D eigenvalue weighted by atomic mass is 10.2. The topological polar surface area (TPSA) is 61.4 Å². The molecule has 0 saturated carbocycles. The highest BCUT2D eigenvalue weighted by molar-refractivity contribution is 5.69. The molecule has 1 heterocycles. The first-order valence-electron chi connectivity index (χ1n) is 4.07. The number of hydrogen-bond donors (Lipinski definition) is 2. The quantitative estimate of drug-likeness (QED) is 0.677. The number of pyridine rings is 1. The van der Waals surface area contributed by atoms with E-state index in [2.05, 4.69) is 0 Å². The third kappa shape index (κ3) is 2.18. The van der Waals surface area contributed by atoms with Crippen molar-refractivity contribution < 1.29 is 19.6 Å². The molecule has 0 aliphatic heterocycles. The lowest BCUT2D eigenvalue weighted by molar-refractivity contribution is -0.711. The minimum absolute atomic E-state index is 0.0715. The van der Waals surface area contributed by atoms with Gasteiger partial charge in [0, 0.05) is 12.5 Å². The molecule has 70 valence electrons. The van der Waals surface area contributed by atoms with Gasteiger partial charge in [-0.25, -0.2) is 4.79 Å². The van der Waals surface area contributed by atoms with Gasteiger partial charge in [0.1, 0.15) is 0 Å². The summed E-state index contributed by atoms with van der Waals surface area (Å²) in [5.74, 6) is -0.819. The average Bonchev–Trinajstić information content (AvgIpc) is 2.04. The average molecular weight is 182 g/mol. The van der Waals surface area contributed by atoms with Crippen molar-refractivity contribution in [3.63, 3.8) is 0 Å². The Bertz CT molecular complexity index is 311. The summed E-state index contributed by atoms with van der Waals surface area (Å²) < 4.78 is 1.48. The van der Waals surface area contributed by atoms with Crippen molar-refractivity contribution in [3.8, 4) is 5.75 Å². The molecule has 0 fully saturated rings. The van der Waals surface area contributed by atoms with E-state index in [1.165, 1.54) is 16.8 Å². The summed E-state index contributed by atoms with van der Waals surface area (Å²) in [6, 6.07) is 2.51. The van der Waals surface area contributed by atoms with Crippen LogP contribution in [-0.2, 0) is 4.79 Å². The summed E-state index contributed by atoms with van der Waals surface area (Å²) >= 11 is 0. The van der Waals surface area contributed by atoms with Gasteiger partial charge in [-0.3, -0.25) is 0 Å². The number of carbonyl (C=O) groups is 1. The number of aromatic nitrogens is 1. The van der Waals surface area contributed by atoms with E-state index >= 15 is 0 Å². The number of carboxylic acids is 1. The summed E-state index contributed by atoms with van der Waals surface area (Å²) in [6.45, 7) is 1.79. The molecule has 4 heteroatoms. The van der Waals surface area contributed by atoms with Gasteiger partial charge in [0.05, 0.1) is 0 Å². The molecule has 1 atom stereocenters. The van der Waals surface area contributed by atoms with Gasteiger partial charge < -0.3 is 10.2 Å². The maximum Gasteiger partial charge on any atom is 0.373 e. The van der Waals surface area contributed by atoms with E-state index in [1.54, 1.807) is 19.2 Å². The van der Waals surface area contributed by atoms with E-state index in [0.29, 0.717) is 6.42 Å². The van der Waals surface area contributed by atoms with Crippen LogP contribution in [0.1, 0.15) is 19.4 Å². The highest BCUT2D eigenvalue weighted by Gasteiger charge is 2.24. The van der Waals surface area contributed by atoms with Crippen molar-refractivity contribution in [2.75, 3.05) is 0 Å². The van der Waals surface area contributed by atoms with Crippen LogP contribution in [-0.4, -0.2) is 16.2 Å². The van der Waals surface area contributed by atoms with Gasteiger partial charge in [0.2, 0.25) is 6.20 Å². The molecule has 1 unspecified atom stereocenters. The Morgan fingerprint density at radius 1 is 1.69 bits per heavy atom. The molecule has 0 radical (unpaired) electrons. The second-order valence-corrected chi connectivity index (χ2v) is 2.77. The van der Waals surface area contributed by atoms with Crippen LogP contribution in [0.4, 0.5) is 0 Å². The molecule has 0 bridgehead atoms. The number of hydrogen-bond acceptors (Lipinski definition) is 2. The van der Waals surface area contributed by atoms with Crippen LogP contribution in [0.5, 0.6) is 5.75 Å². The zero-order valence-electron chi connectivity index (χ0n) is 7.34. The van der Waals surface area contributed by atoms with Gasteiger partial charge in [0.25, 0.3) is 6.04 Å². The summed E-state index contributed by atoms with van der Waals surface area (Å²) in [5.41, 5.74) is 0. The zero-order valence-corrected chi connectivity index (χ0v) is 7.34. The van der Waals surface area contributed by atoms with Gasteiger partial charge in [-0.15, -0.1) is 0 Å². The van der Waals surface area contributed by atoms with Crippen LogP contribution in [0, 0.1) is 0 Å². The van der Waals surface area contributed by atoms with Crippen LogP contribution in [0.2, 0.25) is 0 Å². The Morgan fingerprint density at radius 2 is 2.38 bits per heavy atom. The van der Waals surface area contributed by atoms with E-state index in [0.717, 1.165) is 0 Å². The Morgan fingerprint density at radius 3 is 2.85 bits per heavy atom.